The summed E-state index contributed by atoms with van der Waals surface area (Å²) < 4.78 is 1.11. The summed E-state index contributed by atoms with van der Waals surface area (Å²) in [6, 6.07) is 17.0. The maximum absolute atomic E-state index is 6.17. The number of rotatable bonds is 2. The van der Waals surface area contributed by atoms with Crippen molar-refractivity contribution in [3.63, 3.8) is 0 Å². The van der Waals surface area contributed by atoms with Gasteiger partial charge < -0.3 is 5.73 Å². The summed E-state index contributed by atoms with van der Waals surface area (Å²) in [4.78, 5) is 0. The van der Waals surface area contributed by atoms with Gasteiger partial charge in [-0.05, 0) is 41.7 Å². The molecule has 0 heterocycles. The Morgan fingerprint density at radius 1 is 0.824 bits per heavy atom. The number of hydrogen-bond acceptors (Lipinski definition) is 1. The number of hydrogen-bond donors (Lipinski definition) is 1. The van der Waals surface area contributed by atoms with E-state index < -0.39 is 0 Å². The molecule has 1 aliphatic rings. The SMILES string of the molecule is NC1(c2ccc(-c3ccc(Br)cc3)cc2)CC1. The van der Waals surface area contributed by atoms with Gasteiger partial charge in [-0.1, -0.05) is 52.3 Å². The molecule has 1 saturated carbocycles. The first kappa shape index (κ1) is 11.0. The average molecular weight is 288 g/mol. The lowest BCUT2D eigenvalue weighted by atomic mass is 10.0. The fourth-order valence-electron chi connectivity index (χ4n) is 2.06. The van der Waals surface area contributed by atoms with E-state index in [9.17, 15) is 0 Å². The Hall–Kier alpha value is -1.12. The van der Waals surface area contributed by atoms with Crippen molar-refractivity contribution in [2.45, 2.75) is 18.4 Å². The van der Waals surface area contributed by atoms with Gasteiger partial charge in [-0.15, -0.1) is 0 Å². The fourth-order valence-corrected chi connectivity index (χ4v) is 2.32. The molecule has 0 atom stereocenters. The lowest BCUT2D eigenvalue weighted by Crippen LogP contribution is -2.18. The predicted octanol–water partition coefficient (Wildman–Crippen LogP) is 4.06. The zero-order chi connectivity index (χ0) is 11.9. The Kier molecular flexibility index (Phi) is 2.57. The first-order chi connectivity index (χ1) is 8.17. The van der Waals surface area contributed by atoms with Gasteiger partial charge in [0.05, 0.1) is 0 Å². The van der Waals surface area contributed by atoms with Gasteiger partial charge in [-0.2, -0.15) is 0 Å². The Morgan fingerprint density at radius 3 is 1.76 bits per heavy atom. The van der Waals surface area contributed by atoms with Gasteiger partial charge in [0.2, 0.25) is 0 Å². The van der Waals surface area contributed by atoms with Crippen LogP contribution in [0, 0.1) is 0 Å². The van der Waals surface area contributed by atoms with Crippen LogP contribution in [0.1, 0.15) is 18.4 Å². The number of halogens is 1. The van der Waals surface area contributed by atoms with E-state index in [1.54, 1.807) is 0 Å². The number of benzene rings is 2. The molecule has 0 bridgehead atoms. The minimum atomic E-state index is -0.0295. The Labute approximate surface area is 110 Å². The van der Waals surface area contributed by atoms with Crippen LogP contribution in [0.2, 0.25) is 0 Å². The molecule has 0 saturated heterocycles. The molecule has 0 aromatic heterocycles. The maximum Gasteiger partial charge on any atom is 0.0411 e. The minimum absolute atomic E-state index is 0.0295. The standard InChI is InChI=1S/C15H14BrN/c16-14-7-3-12(4-8-14)11-1-5-13(6-2-11)15(17)9-10-15/h1-8H,9-10,17H2. The van der Waals surface area contributed by atoms with Crippen molar-refractivity contribution in [2.24, 2.45) is 5.73 Å². The molecule has 0 spiro atoms. The summed E-state index contributed by atoms with van der Waals surface area (Å²) in [6.07, 6.45) is 2.23. The van der Waals surface area contributed by atoms with Crippen molar-refractivity contribution in [2.75, 3.05) is 0 Å². The van der Waals surface area contributed by atoms with E-state index in [0.29, 0.717) is 0 Å². The lowest BCUT2D eigenvalue weighted by molar-refractivity contribution is 0.740. The van der Waals surface area contributed by atoms with Crippen LogP contribution in [0.3, 0.4) is 0 Å². The van der Waals surface area contributed by atoms with Crippen molar-refractivity contribution >= 4 is 15.9 Å². The molecule has 2 N–H and O–H groups in total. The molecule has 86 valence electrons. The first-order valence-electron chi connectivity index (χ1n) is 5.83. The summed E-state index contributed by atoms with van der Waals surface area (Å²) in [5.41, 5.74) is 9.88. The molecular weight excluding hydrogens is 274 g/mol. The van der Waals surface area contributed by atoms with Gasteiger partial charge in [0.1, 0.15) is 0 Å². The number of nitrogens with two attached hydrogens (primary N) is 1. The van der Waals surface area contributed by atoms with E-state index in [4.69, 9.17) is 5.73 Å². The molecule has 2 aromatic rings. The first-order valence-corrected chi connectivity index (χ1v) is 6.62. The van der Waals surface area contributed by atoms with Crippen molar-refractivity contribution in [3.8, 4) is 11.1 Å². The fraction of sp³-hybridized carbons (Fsp3) is 0.200. The largest absolute Gasteiger partial charge is 0.321 e. The Balaban J connectivity index is 1.91. The molecule has 17 heavy (non-hydrogen) atoms. The third-order valence-electron chi connectivity index (χ3n) is 3.43. The van der Waals surface area contributed by atoms with Gasteiger partial charge in [-0.25, -0.2) is 0 Å². The summed E-state index contributed by atoms with van der Waals surface area (Å²) in [5, 5.41) is 0. The van der Waals surface area contributed by atoms with Crippen LogP contribution in [-0.2, 0) is 5.54 Å². The minimum Gasteiger partial charge on any atom is -0.321 e. The molecule has 0 amide bonds. The van der Waals surface area contributed by atoms with Crippen molar-refractivity contribution in [3.05, 3.63) is 58.6 Å². The van der Waals surface area contributed by atoms with E-state index in [-0.39, 0.29) is 5.54 Å². The Morgan fingerprint density at radius 2 is 1.29 bits per heavy atom. The third kappa shape index (κ3) is 2.15. The van der Waals surface area contributed by atoms with Crippen LogP contribution < -0.4 is 5.73 Å². The summed E-state index contributed by atoms with van der Waals surface area (Å²) in [5.74, 6) is 0. The second-order valence-corrected chi connectivity index (χ2v) is 5.66. The van der Waals surface area contributed by atoms with Crippen molar-refractivity contribution in [1.29, 1.82) is 0 Å². The quantitative estimate of drug-likeness (QED) is 0.886. The van der Waals surface area contributed by atoms with Crippen molar-refractivity contribution in [1.82, 2.24) is 0 Å². The average Bonchev–Trinajstić information content (AvgIpc) is 3.10. The molecule has 0 radical (unpaired) electrons. The molecule has 2 heteroatoms. The highest BCUT2D eigenvalue weighted by Gasteiger charge is 2.39. The lowest BCUT2D eigenvalue weighted by Gasteiger charge is -2.10. The van der Waals surface area contributed by atoms with Crippen LogP contribution >= 0.6 is 15.9 Å². The van der Waals surface area contributed by atoms with E-state index in [0.717, 1.165) is 17.3 Å². The van der Waals surface area contributed by atoms with Crippen LogP contribution in [0.25, 0.3) is 11.1 Å². The van der Waals surface area contributed by atoms with E-state index in [1.165, 1.54) is 16.7 Å². The normalized spacial score (nSPS) is 16.8. The maximum atomic E-state index is 6.17. The van der Waals surface area contributed by atoms with Gasteiger partial charge in [0, 0.05) is 10.0 Å². The van der Waals surface area contributed by atoms with Crippen LogP contribution in [-0.4, -0.2) is 0 Å². The molecular formula is C15H14BrN. The van der Waals surface area contributed by atoms with E-state index in [1.807, 2.05) is 0 Å². The van der Waals surface area contributed by atoms with Gasteiger partial charge in [0.25, 0.3) is 0 Å². The zero-order valence-electron chi connectivity index (χ0n) is 9.49. The summed E-state index contributed by atoms with van der Waals surface area (Å²) >= 11 is 3.45. The predicted molar refractivity (Wildman–Crippen MR) is 74.7 cm³/mol. The molecule has 1 fully saturated rings. The monoisotopic (exact) mass is 287 g/mol. The second kappa shape index (κ2) is 3.97. The highest BCUT2D eigenvalue weighted by atomic mass is 79.9. The van der Waals surface area contributed by atoms with Gasteiger partial charge in [0.15, 0.2) is 0 Å². The van der Waals surface area contributed by atoms with Gasteiger partial charge >= 0.3 is 0 Å². The highest BCUT2D eigenvalue weighted by molar-refractivity contribution is 9.10. The topological polar surface area (TPSA) is 26.0 Å². The molecule has 2 aromatic carbocycles. The summed E-state index contributed by atoms with van der Waals surface area (Å²) in [7, 11) is 0. The van der Waals surface area contributed by atoms with E-state index >= 15 is 0 Å². The van der Waals surface area contributed by atoms with Crippen molar-refractivity contribution < 1.29 is 0 Å². The molecule has 0 aliphatic heterocycles. The van der Waals surface area contributed by atoms with Crippen LogP contribution in [0.4, 0.5) is 0 Å². The Bertz CT molecular complexity index is 524. The molecule has 3 rings (SSSR count). The molecule has 0 unspecified atom stereocenters. The van der Waals surface area contributed by atoms with Gasteiger partial charge in [-0.3, -0.25) is 0 Å². The molecule has 1 aliphatic carbocycles. The second-order valence-electron chi connectivity index (χ2n) is 4.74. The third-order valence-corrected chi connectivity index (χ3v) is 3.95. The van der Waals surface area contributed by atoms with Crippen LogP contribution in [0.5, 0.6) is 0 Å². The highest BCUT2D eigenvalue weighted by Crippen LogP contribution is 2.42. The zero-order valence-corrected chi connectivity index (χ0v) is 11.1. The van der Waals surface area contributed by atoms with E-state index in [2.05, 4.69) is 64.5 Å². The summed E-state index contributed by atoms with van der Waals surface area (Å²) in [6.45, 7) is 0. The van der Waals surface area contributed by atoms with Crippen LogP contribution in [0.15, 0.2) is 53.0 Å². The molecule has 1 nitrogen and oxygen atoms in total. The smallest absolute Gasteiger partial charge is 0.0411 e.